The maximum absolute atomic E-state index is 12.5. The van der Waals surface area contributed by atoms with Gasteiger partial charge < -0.3 is 14.9 Å². The molecular formula is C17H18N2O3S. The summed E-state index contributed by atoms with van der Waals surface area (Å²) in [6.07, 6.45) is 0. The van der Waals surface area contributed by atoms with Crippen molar-refractivity contribution in [2.24, 2.45) is 0 Å². The van der Waals surface area contributed by atoms with E-state index in [9.17, 15) is 14.7 Å². The monoisotopic (exact) mass is 330 g/mol. The SMILES string of the molecule is Cc1ccc(C(=O)N2CCN(C(=O)c3cccs3)CC2)c(O)c1. The largest absolute Gasteiger partial charge is 0.507 e. The van der Waals surface area contributed by atoms with E-state index in [1.807, 2.05) is 30.5 Å². The lowest BCUT2D eigenvalue weighted by Crippen LogP contribution is -2.50. The molecule has 0 saturated carbocycles. The van der Waals surface area contributed by atoms with Crippen LogP contribution in [-0.2, 0) is 0 Å². The second-order valence-corrected chi connectivity index (χ2v) is 6.53. The molecule has 23 heavy (non-hydrogen) atoms. The Morgan fingerprint density at radius 1 is 1.04 bits per heavy atom. The first-order chi connectivity index (χ1) is 11.1. The van der Waals surface area contributed by atoms with Crippen molar-refractivity contribution in [1.29, 1.82) is 0 Å². The van der Waals surface area contributed by atoms with E-state index in [0.717, 1.165) is 10.4 Å². The summed E-state index contributed by atoms with van der Waals surface area (Å²) in [7, 11) is 0. The van der Waals surface area contributed by atoms with Crippen molar-refractivity contribution in [2.75, 3.05) is 26.2 Å². The number of amides is 2. The highest BCUT2D eigenvalue weighted by Crippen LogP contribution is 2.21. The fourth-order valence-electron chi connectivity index (χ4n) is 2.66. The predicted octanol–water partition coefficient (Wildman–Crippen LogP) is 2.36. The number of aromatic hydroxyl groups is 1. The highest BCUT2D eigenvalue weighted by atomic mass is 32.1. The van der Waals surface area contributed by atoms with Gasteiger partial charge in [-0.15, -0.1) is 11.3 Å². The van der Waals surface area contributed by atoms with Gasteiger partial charge in [-0.1, -0.05) is 12.1 Å². The van der Waals surface area contributed by atoms with E-state index in [2.05, 4.69) is 0 Å². The zero-order chi connectivity index (χ0) is 16.4. The minimum atomic E-state index is -0.189. The van der Waals surface area contributed by atoms with Crippen molar-refractivity contribution in [3.63, 3.8) is 0 Å². The van der Waals surface area contributed by atoms with Gasteiger partial charge in [-0.2, -0.15) is 0 Å². The molecule has 1 aliphatic rings. The zero-order valence-electron chi connectivity index (χ0n) is 12.9. The van der Waals surface area contributed by atoms with Crippen LogP contribution in [0, 0.1) is 6.92 Å². The number of thiophene rings is 1. The Morgan fingerprint density at radius 3 is 2.26 bits per heavy atom. The number of phenolic OH excluding ortho intramolecular Hbond substituents is 1. The number of nitrogens with zero attached hydrogens (tertiary/aromatic N) is 2. The van der Waals surface area contributed by atoms with Crippen LogP contribution in [-0.4, -0.2) is 52.9 Å². The van der Waals surface area contributed by atoms with Gasteiger partial charge in [0.25, 0.3) is 11.8 Å². The molecule has 0 spiro atoms. The van der Waals surface area contributed by atoms with Gasteiger partial charge in [0.05, 0.1) is 10.4 Å². The summed E-state index contributed by atoms with van der Waals surface area (Å²) in [6.45, 7) is 3.83. The molecule has 2 heterocycles. The molecule has 5 nitrogen and oxygen atoms in total. The normalized spacial score (nSPS) is 14.8. The molecule has 1 saturated heterocycles. The molecule has 6 heteroatoms. The lowest BCUT2D eigenvalue weighted by Gasteiger charge is -2.34. The fraction of sp³-hybridized carbons (Fsp3) is 0.294. The third-order valence-electron chi connectivity index (χ3n) is 3.97. The Balaban J connectivity index is 1.64. The number of hydrogen-bond donors (Lipinski definition) is 1. The molecule has 1 N–H and O–H groups in total. The first kappa shape index (κ1) is 15.6. The smallest absolute Gasteiger partial charge is 0.264 e. The van der Waals surface area contributed by atoms with Gasteiger partial charge >= 0.3 is 0 Å². The Hall–Kier alpha value is -2.34. The van der Waals surface area contributed by atoms with Crippen LogP contribution < -0.4 is 0 Å². The number of piperazine rings is 1. The van der Waals surface area contributed by atoms with Gasteiger partial charge in [-0.3, -0.25) is 9.59 Å². The van der Waals surface area contributed by atoms with Crippen LogP contribution in [0.2, 0.25) is 0 Å². The Bertz CT molecular complexity index is 719. The van der Waals surface area contributed by atoms with Crippen molar-refractivity contribution in [3.8, 4) is 5.75 Å². The van der Waals surface area contributed by atoms with Gasteiger partial charge in [-0.25, -0.2) is 0 Å². The maximum Gasteiger partial charge on any atom is 0.264 e. The van der Waals surface area contributed by atoms with E-state index in [4.69, 9.17) is 0 Å². The van der Waals surface area contributed by atoms with E-state index in [1.165, 1.54) is 11.3 Å². The number of phenols is 1. The van der Waals surface area contributed by atoms with Crippen molar-refractivity contribution < 1.29 is 14.7 Å². The number of benzene rings is 1. The number of hydrogen-bond acceptors (Lipinski definition) is 4. The lowest BCUT2D eigenvalue weighted by molar-refractivity contribution is 0.0536. The highest BCUT2D eigenvalue weighted by Gasteiger charge is 2.26. The first-order valence-corrected chi connectivity index (χ1v) is 8.36. The molecule has 1 aromatic carbocycles. The summed E-state index contributed by atoms with van der Waals surface area (Å²) in [5.41, 5.74) is 1.22. The van der Waals surface area contributed by atoms with Crippen LogP contribution in [0.4, 0.5) is 0 Å². The van der Waals surface area contributed by atoms with Crippen molar-refractivity contribution in [2.45, 2.75) is 6.92 Å². The molecule has 3 rings (SSSR count). The summed E-state index contributed by atoms with van der Waals surface area (Å²) in [6, 6.07) is 8.72. The average Bonchev–Trinajstić information content (AvgIpc) is 3.08. The number of carbonyl (C=O) groups is 2. The second-order valence-electron chi connectivity index (χ2n) is 5.58. The highest BCUT2D eigenvalue weighted by molar-refractivity contribution is 7.12. The van der Waals surface area contributed by atoms with Crippen LogP contribution >= 0.6 is 11.3 Å². The van der Waals surface area contributed by atoms with Gasteiger partial charge in [-0.05, 0) is 36.1 Å². The quantitative estimate of drug-likeness (QED) is 0.919. The van der Waals surface area contributed by atoms with Crippen molar-refractivity contribution >= 4 is 23.2 Å². The Kier molecular flexibility index (Phi) is 4.34. The molecule has 1 aliphatic heterocycles. The van der Waals surface area contributed by atoms with E-state index in [0.29, 0.717) is 31.7 Å². The topological polar surface area (TPSA) is 60.9 Å². The summed E-state index contributed by atoms with van der Waals surface area (Å²) in [5, 5.41) is 11.8. The zero-order valence-corrected chi connectivity index (χ0v) is 13.7. The van der Waals surface area contributed by atoms with Gasteiger partial charge in [0.15, 0.2) is 0 Å². The lowest BCUT2D eigenvalue weighted by atomic mass is 10.1. The van der Waals surface area contributed by atoms with E-state index < -0.39 is 0 Å². The van der Waals surface area contributed by atoms with Gasteiger partial charge in [0.1, 0.15) is 5.75 Å². The molecule has 2 aromatic rings. The minimum absolute atomic E-state index is 0.00657. The average molecular weight is 330 g/mol. The molecule has 0 atom stereocenters. The van der Waals surface area contributed by atoms with Crippen LogP contribution in [0.5, 0.6) is 5.75 Å². The van der Waals surface area contributed by atoms with Crippen LogP contribution in [0.25, 0.3) is 0 Å². The molecule has 1 aromatic heterocycles. The third kappa shape index (κ3) is 3.22. The van der Waals surface area contributed by atoms with Crippen molar-refractivity contribution in [3.05, 3.63) is 51.7 Å². The molecule has 120 valence electrons. The van der Waals surface area contributed by atoms with Gasteiger partial charge in [0, 0.05) is 26.2 Å². The molecule has 0 aliphatic carbocycles. The molecular weight excluding hydrogens is 312 g/mol. The van der Waals surface area contributed by atoms with Crippen LogP contribution in [0.3, 0.4) is 0 Å². The fourth-order valence-corrected chi connectivity index (χ4v) is 3.35. The third-order valence-corrected chi connectivity index (χ3v) is 4.83. The molecule has 0 bridgehead atoms. The second kappa shape index (κ2) is 6.42. The minimum Gasteiger partial charge on any atom is -0.507 e. The summed E-state index contributed by atoms with van der Waals surface area (Å²) < 4.78 is 0. The predicted molar refractivity (Wildman–Crippen MR) is 89.0 cm³/mol. The Labute approximate surface area is 138 Å². The van der Waals surface area contributed by atoms with Crippen LogP contribution in [0.15, 0.2) is 35.7 Å². The first-order valence-electron chi connectivity index (χ1n) is 7.48. The molecule has 0 unspecified atom stereocenters. The number of carbonyl (C=O) groups excluding carboxylic acids is 2. The molecule has 2 amide bonds. The standard InChI is InChI=1S/C17H18N2O3S/c1-12-4-5-13(14(20)11-12)16(21)18-6-8-19(9-7-18)17(22)15-3-2-10-23-15/h2-5,10-11,20H,6-9H2,1H3. The maximum atomic E-state index is 12.5. The number of rotatable bonds is 2. The molecule has 0 radical (unpaired) electrons. The summed E-state index contributed by atoms with van der Waals surface area (Å²) in [4.78, 5) is 29.0. The van der Waals surface area contributed by atoms with Gasteiger partial charge in [0.2, 0.25) is 0 Å². The summed E-state index contributed by atoms with van der Waals surface area (Å²) in [5.74, 6) is -0.164. The van der Waals surface area contributed by atoms with E-state index in [-0.39, 0.29) is 17.6 Å². The summed E-state index contributed by atoms with van der Waals surface area (Å²) >= 11 is 1.43. The van der Waals surface area contributed by atoms with E-state index >= 15 is 0 Å². The van der Waals surface area contributed by atoms with E-state index in [1.54, 1.807) is 21.9 Å². The van der Waals surface area contributed by atoms with Crippen LogP contribution in [0.1, 0.15) is 25.6 Å². The number of aryl methyl sites for hydroxylation is 1. The van der Waals surface area contributed by atoms with Crippen molar-refractivity contribution in [1.82, 2.24) is 9.80 Å². The molecule has 1 fully saturated rings. The Morgan fingerprint density at radius 2 is 1.70 bits per heavy atom.